The Morgan fingerprint density at radius 3 is 1.48 bits per heavy atom. The van der Waals surface area contributed by atoms with Crippen LogP contribution in [0.4, 0.5) is 0 Å². The summed E-state index contributed by atoms with van der Waals surface area (Å²) in [6, 6.07) is 0. The number of hydrogen-bond donors (Lipinski definition) is 9. The van der Waals surface area contributed by atoms with Crippen LogP contribution in [-0.4, -0.2) is 91.8 Å². The van der Waals surface area contributed by atoms with E-state index in [1.54, 1.807) is 0 Å². The maximum Gasteiger partial charge on any atom is 0.156 e. The van der Waals surface area contributed by atoms with Gasteiger partial charge < -0.3 is 46.6 Å². The lowest BCUT2D eigenvalue weighted by atomic mass is 9.77. The fourth-order valence-electron chi connectivity index (χ4n) is 1.99. The van der Waals surface area contributed by atoms with Gasteiger partial charge in [-0.05, 0) is 12.8 Å². The monoisotopic (exact) mass is 313 g/mol. The molecule has 2 unspecified atom stereocenters. The Morgan fingerprint density at radius 1 is 0.762 bits per heavy atom. The minimum absolute atomic E-state index is 0.0250. The van der Waals surface area contributed by atoms with Gasteiger partial charge in [-0.3, -0.25) is 0 Å². The molecular formula is C12H27NO8. The summed E-state index contributed by atoms with van der Waals surface area (Å²) < 4.78 is 0. The molecule has 0 aliphatic carbocycles. The van der Waals surface area contributed by atoms with Crippen molar-refractivity contribution in [2.75, 3.05) is 33.0 Å². The van der Waals surface area contributed by atoms with Gasteiger partial charge in [-0.25, -0.2) is 0 Å². The van der Waals surface area contributed by atoms with Gasteiger partial charge in [-0.1, -0.05) is 0 Å². The highest BCUT2D eigenvalue weighted by Gasteiger charge is 2.42. The van der Waals surface area contributed by atoms with E-state index in [0.717, 1.165) is 0 Å². The average molecular weight is 313 g/mol. The van der Waals surface area contributed by atoms with Gasteiger partial charge in [0.1, 0.15) is 0 Å². The molecule has 0 rings (SSSR count). The lowest BCUT2D eigenvalue weighted by Gasteiger charge is -2.38. The zero-order valence-corrected chi connectivity index (χ0v) is 11.8. The van der Waals surface area contributed by atoms with Gasteiger partial charge in [0.05, 0.1) is 44.7 Å². The lowest BCUT2D eigenvalue weighted by Crippen LogP contribution is -2.61. The Kier molecular flexibility index (Phi) is 8.78. The first-order valence-electron chi connectivity index (χ1n) is 6.63. The van der Waals surface area contributed by atoms with Crippen molar-refractivity contribution in [3.8, 4) is 0 Å². The molecule has 0 spiro atoms. The predicted octanol–water partition coefficient (Wildman–Crippen LogP) is -4.30. The van der Waals surface area contributed by atoms with Gasteiger partial charge in [0, 0.05) is 11.3 Å². The van der Waals surface area contributed by atoms with Crippen LogP contribution in [0.15, 0.2) is 0 Å². The first-order valence-corrected chi connectivity index (χ1v) is 6.63. The Hall–Kier alpha value is -0.360. The summed E-state index contributed by atoms with van der Waals surface area (Å²) in [6.45, 7) is -3.15. The van der Waals surface area contributed by atoms with Crippen LogP contribution >= 0.6 is 0 Å². The molecule has 21 heavy (non-hydrogen) atoms. The van der Waals surface area contributed by atoms with Gasteiger partial charge in [-0.2, -0.15) is 0 Å². The van der Waals surface area contributed by atoms with E-state index < -0.39 is 62.3 Å². The van der Waals surface area contributed by atoms with Crippen LogP contribution in [0.3, 0.4) is 0 Å². The number of nitrogens with two attached hydrogens (primary N) is 1. The molecule has 0 saturated heterocycles. The summed E-state index contributed by atoms with van der Waals surface area (Å²) in [5, 5.41) is 74.6. The number of aliphatic hydroxyl groups excluding tert-OH is 7. The summed E-state index contributed by atoms with van der Waals surface area (Å²) in [5.74, 6) is -1.24. The van der Waals surface area contributed by atoms with E-state index in [1.165, 1.54) is 0 Å². The molecule has 0 bridgehead atoms. The molecule has 10 N–H and O–H groups in total. The van der Waals surface area contributed by atoms with Crippen LogP contribution in [-0.2, 0) is 0 Å². The topological polar surface area (TPSA) is 188 Å². The van der Waals surface area contributed by atoms with Crippen LogP contribution in [0.5, 0.6) is 0 Å². The van der Waals surface area contributed by atoms with E-state index in [9.17, 15) is 30.6 Å². The molecule has 0 aliphatic heterocycles. The van der Waals surface area contributed by atoms with Gasteiger partial charge in [-0.15, -0.1) is 0 Å². The molecule has 0 aromatic carbocycles. The van der Waals surface area contributed by atoms with Crippen LogP contribution < -0.4 is 5.73 Å². The quantitative estimate of drug-likeness (QED) is 0.170. The highest BCUT2D eigenvalue weighted by atomic mass is 16.5. The van der Waals surface area contributed by atoms with Crippen molar-refractivity contribution in [3.63, 3.8) is 0 Å². The van der Waals surface area contributed by atoms with Crippen molar-refractivity contribution in [2.45, 2.75) is 30.8 Å². The van der Waals surface area contributed by atoms with Gasteiger partial charge in [0.25, 0.3) is 0 Å². The Balaban J connectivity index is 5.01. The highest BCUT2D eigenvalue weighted by molar-refractivity contribution is 4.95. The molecule has 9 nitrogen and oxygen atoms in total. The maximum atomic E-state index is 10.1. The summed E-state index contributed by atoms with van der Waals surface area (Å²) in [6.07, 6.45) is -3.77. The van der Waals surface area contributed by atoms with Gasteiger partial charge in [0.2, 0.25) is 0 Å². The second kappa shape index (κ2) is 8.93. The van der Waals surface area contributed by atoms with E-state index in [-0.39, 0.29) is 12.8 Å². The third-order valence-corrected chi connectivity index (χ3v) is 3.98. The molecule has 0 amide bonds. The molecule has 0 radical (unpaired) electrons. The molecule has 0 heterocycles. The van der Waals surface area contributed by atoms with Crippen LogP contribution in [0, 0.1) is 11.3 Å². The Labute approximate surface area is 122 Å². The summed E-state index contributed by atoms with van der Waals surface area (Å²) in [7, 11) is 0. The van der Waals surface area contributed by atoms with E-state index >= 15 is 0 Å². The SMILES string of the molecule is NC(CO)(CO)C(O)C(CCC(CO)(CO)CO)C(O)O. The van der Waals surface area contributed by atoms with Crippen molar-refractivity contribution in [1.82, 2.24) is 0 Å². The molecule has 128 valence electrons. The summed E-state index contributed by atoms with van der Waals surface area (Å²) in [4.78, 5) is 0. The minimum atomic E-state index is -1.99. The second-order valence-electron chi connectivity index (χ2n) is 5.58. The molecule has 0 aromatic heterocycles. The smallest absolute Gasteiger partial charge is 0.156 e. The van der Waals surface area contributed by atoms with Crippen molar-refractivity contribution >= 4 is 0 Å². The summed E-state index contributed by atoms with van der Waals surface area (Å²) in [5.41, 5.74) is 2.54. The van der Waals surface area contributed by atoms with Crippen molar-refractivity contribution < 1.29 is 40.9 Å². The molecule has 0 fully saturated rings. The molecule has 0 aromatic rings. The Bertz CT molecular complexity index is 272. The maximum absolute atomic E-state index is 10.1. The zero-order valence-electron chi connectivity index (χ0n) is 11.8. The zero-order chi connectivity index (χ0) is 16.7. The number of hydrogen-bond acceptors (Lipinski definition) is 9. The summed E-state index contributed by atoms with van der Waals surface area (Å²) >= 11 is 0. The van der Waals surface area contributed by atoms with E-state index in [4.69, 9.17) is 15.9 Å². The fraction of sp³-hybridized carbons (Fsp3) is 1.00. The fourth-order valence-corrected chi connectivity index (χ4v) is 1.99. The molecule has 0 saturated carbocycles. The first-order chi connectivity index (χ1) is 9.75. The van der Waals surface area contributed by atoms with Gasteiger partial charge >= 0.3 is 0 Å². The van der Waals surface area contributed by atoms with Crippen LogP contribution in [0.2, 0.25) is 0 Å². The average Bonchev–Trinajstić information content (AvgIpc) is 2.50. The molecule has 2 atom stereocenters. The number of aliphatic hydroxyl groups is 8. The van der Waals surface area contributed by atoms with Crippen molar-refractivity contribution in [3.05, 3.63) is 0 Å². The first kappa shape index (κ1) is 20.6. The van der Waals surface area contributed by atoms with Crippen molar-refractivity contribution in [2.24, 2.45) is 17.1 Å². The standard InChI is InChI=1S/C12H27NO8/c13-12(6-17,7-18)9(19)8(10(20)21)1-2-11(3-14,4-15)5-16/h8-10,14-21H,1-7,13H2. The third-order valence-electron chi connectivity index (χ3n) is 3.98. The minimum Gasteiger partial charge on any atom is -0.396 e. The third kappa shape index (κ3) is 5.09. The van der Waals surface area contributed by atoms with Crippen molar-refractivity contribution in [1.29, 1.82) is 0 Å². The van der Waals surface area contributed by atoms with E-state index in [1.807, 2.05) is 0 Å². The molecule has 9 heteroatoms. The van der Waals surface area contributed by atoms with E-state index in [2.05, 4.69) is 0 Å². The second-order valence-corrected chi connectivity index (χ2v) is 5.58. The molecule has 0 aliphatic rings. The lowest BCUT2D eigenvalue weighted by molar-refractivity contribution is -0.148. The molecular weight excluding hydrogens is 286 g/mol. The van der Waals surface area contributed by atoms with Crippen LogP contribution in [0.1, 0.15) is 12.8 Å². The van der Waals surface area contributed by atoms with Crippen LogP contribution in [0.25, 0.3) is 0 Å². The normalized spacial score (nSPS) is 16.3. The highest BCUT2D eigenvalue weighted by Crippen LogP contribution is 2.29. The Morgan fingerprint density at radius 2 is 1.19 bits per heavy atom. The van der Waals surface area contributed by atoms with Gasteiger partial charge in [0.15, 0.2) is 6.29 Å². The predicted molar refractivity (Wildman–Crippen MR) is 71.7 cm³/mol. The largest absolute Gasteiger partial charge is 0.396 e. The number of rotatable bonds is 11. The van der Waals surface area contributed by atoms with E-state index in [0.29, 0.717) is 0 Å².